The molecule has 0 bridgehead atoms. The number of piperidine rings is 1. The largest absolute Gasteiger partial charge is 0.350 e. The van der Waals surface area contributed by atoms with Gasteiger partial charge in [0.1, 0.15) is 12.1 Å². The first-order valence-electron chi connectivity index (χ1n) is 9.76. The molecule has 6 heteroatoms. The van der Waals surface area contributed by atoms with Gasteiger partial charge >= 0.3 is 0 Å². The van der Waals surface area contributed by atoms with Crippen LogP contribution >= 0.6 is 0 Å². The van der Waals surface area contributed by atoms with E-state index in [1.807, 2.05) is 12.3 Å². The van der Waals surface area contributed by atoms with E-state index in [9.17, 15) is 4.79 Å². The first-order valence-corrected chi connectivity index (χ1v) is 9.76. The molecule has 3 fully saturated rings. The normalized spacial score (nSPS) is 25.3. The number of hydrogen-bond donors (Lipinski definition) is 0. The molecule has 2 saturated heterocycles. The molecule has 2 aliphatic heterocycles. The average molecular weight is 343 g/mol. The molecular weight excluding hydrogens is 314 g/mol. The zero-order valence-electron chi connectivity index (χ0n) is 15.2. The second-order valence-corrected chi connectivity index (χ2v) is 7.75. The van der Waals surface area contributed by atoms with E-state index in [4.69, 9.17) is 0 Å². The first kappa shape index (κ1) is 16.8. The summed E-state index contributed by atoms with van der Waals surface area (Å²) in [5, 5.41) is 0. The van der Waals surface area contributed by atoms with E-state index in [0.717, 1.165) is 44.8 Å². The van der Waals surface area contributed by atoms with E-state index in [2.05, 4.69) is 24.7 Å². The lowest BCUT2D eigenvalue weighted by Gasteiger charge is -2.40. The van der Waals surface area contributed by atoms with E-state index in [0.29, 0.717) is 18.1 Å². The summed E-state index contributed by atoms with van der Waals surface area (Å²) in [6.07, 6.45) is 10.8. The Kier molecular flexibility index (Phi) is 4.88. The number of carbonyl (C=O) groups excluding carboxylic acids is 1. The van der Waals surface area contributed by atoms with Gasteiger partial charge in [-0.3, -0.25) is 4.79 Å². The number of rotatable bonds is 5. The van der Waals surface area contributed by atoms with Crippen molar-refractivity contribution >= 4 is 11.7 Å². The molecule has 0 spiro atoms. The molecule has 1 atom stereocenters. The summed E-state index contributed by atoms with van der Waals surface area (Å²) in [5.41, 5.74) is 0. The lowest BCUT2D eigenvalue weighted by atomic mass is 10.0. The van der Waals surface area contributed by atoms with Crippen LogP contribution in [-0.4, -0.2) is 70.0 Å². The maximum atomic E-state index is 11.8. The fraction of sp³-hybridized carbons (Fsp3) is 0.737. The molecule has 1 saturated carbocycles. The minimum absolute atomic E-state index is 0.237. The Hall–Kier alpha value is -1.69. The number of nitrogens with zero attached hydrogens (tertiary/aromatic N) is 5. The van der Waals surface area contributed by atoms with E-state index >= 15 is 0 Å². The molecular formula is C19H29N5O. The molecule has 0 aromatic carbocycles. The van der Waals surface area contributed by atoms with Crippen LogP contribution in [0.5, 0.6) is 0 Å². The summed E-state index contributed by atoms with van der Waals surface area (Å²) in [6.45, 7) is 5.95. The smallest absolute Gasteiger partial charge is 0.219 e. The summed E-state index contributed by atoms with van der Waals surface area (Å²) in [7, 11) is 0. The van der Waals surface area contributed by atoms with Gasteiger partial charge in [-0.2, -0.15) is 0 Å². The summed E-state index contributed by atoms with van der Waals surface area (Å²) >= 11 is 0. The minimum atomic E-state index is 0.237. The van der Waals surface area contributed by atoms with Gasteiger partial charge in [-0.15, -0.1) is 0 Å². The first-order chi connectivity index (χ1) is 12.2. The van der Waals surface area contributed by atoms with Crippen LogP contribution in [0.2, 0.25) is 0 Å². The molecule has 3 heterocycles. The zero-order valence-corrected chi connectivity index (χ0v) is 15.2. The van der Waals surface area contributed by atoms with Gasteiger partial charge in [0.15, 0.2) is 0 Å². The lowest BCUT2D eigenvalue weighted by molar-refractivity contribution is -0.130. The number of anilines is 1. The summed E-state index contributed by atoms with van der Waals surface area (Å²) in [5.74, 6) is 1.33. The van der Waals surface area contributed by atoms with Crippen molar-refractivity contribution in [3.8, 4) is 0 Å². The van der Waals surface area contributed by atoms with Crippen LogP contribution < -0.4 is 4.90 Å². The third-order valence-corrected chi connectivity index (χ3v) is 5.97. The highest BCUT2D eigenvalue weighted by Gasteiger charge is 2.37. The molecule has 25 heavy (non-hydrogen) atoms. The van der Waals surface area contributed by atoms with Crippen LogP contribution in [0.3, 0.4) is 0 Å². The van der Waals surface area contributed by atoms with Crippen LogP contribution in [0.4, 0.5) is 5.82 Å². The Labute approximate surface area is 150 Å². The quantitative estimate of drug-likeness (QED) is 0.818. The minimum Gasteiger partial charge on any atom is -0.350 e. The van der Waals surface area contributed by atoms with Gasteiger partial charge in [-0.1, -0.05) is 0 Å². The fourth-order valence-corrected chi connectivity index (χ4v) is 4.58. The van der Waals surface area contributed by atoms with E-state index in [1.165, 1.54) is 25.7 Å². The Morgan fingerprint density at radius 2 is 1.92 bits per heavy atom. The van der Waals surface area contributed by atoms with Gasteiger partial charge < -0.3 is 14.7 Å². The monoisotopic (exact) mass is 343 g/mol. The van der Waals surface area contributed by atoms with Crippen molar-refractivity contribution in [3.63, 3.8) is 0 Å². The summed E-state index contributed by atoms with van der Waals surface area (Å²) in [4.78, 5) is 27.5. The number of amides is 1. The molecule has 1 amide bonds. The third kappa shape index (κ3) is 3.78. The fourth-order valence-electron chi connectivity index (χ4n) is 4.58. The molecule has 0 radical (unpaired) electrons. The number of hydrogen-bond acceptors (Lipinski definition) is 5. The molecule has 136 valence electrons. The topological polar surface area (TPSA) is 52.6 Å². The third-order valence-electron chi connectivity index (χ3n) is 5.97. The molecule has 1 aliphatic carbocycles. The van der Waals surface area contributed by atoms with Crippen LogP contribution in [-0.2, 0) is 4.79 Å². The maximum absolute atomic E-state index is 11.8. The predicted octanol–water partition coefficient (Wildman–Crippen LogP) is 1.92. The molecule has 1 unspecified atom stereocenters. The van der Waals surface area contributed by atoms with Crippen LogP contribution in [0, 0.1) is 0 Å². The van der Waals surface area contributed by atoms with Gasteiger partial charge in [0.05, 0.1) is 0 Å². The zero-order chi connectivity index (χ0) is 17.2. The summed E-state index contributed by atoms with van der Waals surface area (Å²) in [6, 6.07) is 3.74. The molecule has 0 N–H and O–H groups in total. The van der Waals surface area contributed by atoms with Crippen molar-refractivity contribution < 1.29 is 4.79 Å². The van der Waals surface area contributed by atoms with Gasteiger partial charge in [-0.25, -0.2) is 9.97 Å². The standard InChI is InChI=1S/C19H29N5O/c1-15(25)23-10-2-3-18(23)13-22-11-7-17(8-12-22)24(16-4-5-16)19-6-9-20-14-21-19/h6,9,14,16-18H,2-5,7-8,10-13H2,1H3. The van der Waals surface area contributed by atoms with Gasteiger partial charge in [0, 0.05) is 57.4 Å². The van der Waals surface area contributed by atoms with Crippen molar-refractivity contribution in [2.75, 3.05) is 31.1 Å². The molecule has 1 aromatic heterocycles. The Bertz CT molecular complexity index is 583. The Morgan fingerprint density at radius 3 is 2.56 bits per heavy atom. The van der Waals surface area contributed by atoms with Gasteiger partial charge in [0.25, 0.3) is 0 Å². The van der Waals surface area contributed by atoms with Crippen LogP contribution in [0.1, 0.15) is 45.4 Å². The number of carbonyl (C=O) groups is 1. The van der Waals surface area contributed by atoms with Crippen molar-refractivity contribution in [1.82, 2.24) is 19.8 Å². The average Bonchev–Trinajstić information content (AvgIpc) is 3.35. The van der Waals surface area contributed by atoms with Gasteiger partial charge in [0.2, 0.25) is 5.91 Å². The SMILES string of the molecule is CC(=O)N1CCCC1CN1CCC(N(c2ccncn2)C2CC2)CC1. The predicted molar refractivity (Wildman–Crippen MR) is 97.4 cm³/mol. The molecule has 4 rings (SSSR count). The Balaban J connectivity index is 1.34. The van der Waals surface area contributed by atoms with Crippen molar-refractivity contribution in [2.45, 2.75) is 63.6 Å². The second-order valence-electron chi connectivity index (χ2n) is 7.75. The molecule has 3 aliphatic rings. The van der Waals surface area contributed by atoms with Crippen molar-refractivity contribution in [3.05, 3.63) is 18.6 Å². The maximum Gasteiger partial charge on any atom is 0.219 e. The van der Waals surface area contributed by atoms with Crippen LogP contribution in [0.25, 0.3) is 0 Å². The van der Waals surface area contributed by atoms with E-state index < -0.39 is 0 Å². The highest BCUT2D eigenvalue weighted by molar-refractivity contribution is 5.73. The molecule has 6 nitrogen and oxygen atoms in total. The second kappa shape index (κ2) is 7.28. The number of likely N-dealkylation sites (tertiary alicyclic amines) is 2. The summed E-state index contributed by atoms with van der Waals surface area (Å²) < 4.78 is 0. The van der Waals surface area contributed by atoms with Crippen molar-refractivity contribution in [2.24, 2.45) is 0 Å². The lowest BCUT2D eigenvalue weighted by Crippen LogP contribution is -2.49. The highest BCUT2D eigenvalue weighted by atomic mass is 16.2. The number of aromatic nitrogens is 2. The Morgan fingerprint density at radius 1 is 1.16 bits per heavy atom. The van der Waals surface area contributed by atoms with E-state index in [1.54, 1.807) is 13.3 Å². The van der Waals surface area contributed by atoms with Gasteiger partial charge in [-0.05, 0) is 44.6 Å². The molecule has 1 aromatic rings. The van der Waals surface area contributed by atoms with Crippen LogP contribution in [0.15, 0.2) is 18.6 Å². The van der Waals surface area contributed by atoms with Crippen molar-refractivity contribution in [1.29, 1.82) is 0 Å². The van der Waals surface area contributed by atoms with E-state index in [-0.39, 0.29) is 5.91 Å². The highest BCUT2D eigenvalue weighted by Crippen LogP contribution is 2.35.